The van der Waals surface area contributed by atoms with E-state index in [-0.39, 0.29) is 0 Å². The fraction of sp³-hybridized carbons (Fsp3) is 0.909. The molecule has 2 fully saturated rings. The lowest BCUT2D eigenvalue weighted by Crippen LogP contribution is -2.41. The van der Waals surface area contributed by atoms with E-state index in [0.717, 1.165) is 6.04 Å². The van der Waals surface area contributed by atoms with Crippen LogP contribution in [0.25, 0.3) is 0 Å². The number of likely N-dealkylation sites (tertiary alicyclic amines) is 1. The van der Waals surface area contributed by atoms with Crippen LogP contribution in [0.1, 0.15) is 38.5 Å². The van der Waals surface area contributed by atoms with Crippen molar-refractivity contribution in [2.45, 2.75) is 49.9 Å². The highest BCUT2D eigenvalue weighted by atomic mass is 35.5. The smallest absolute Gasteiger partial charge is 0.0337 e. The van der Waals surface area contributed by atoms with E-state index < -0.39 is 0 Å². The van der Waals surface area contributed by atoms with Gasteiger partial charge in [-0.3, -0.25) is 0 Å². The summed E-state index contributed by atoms with van der Waals surface area (Å²) in [6, 6.07) is 0.851. The molecule has 0 N–H and O–H groups in total. The van der Waals surface area contributed by atoms with Crippen LogP contribution in [0.5, 0.6) is 0 Å². The Bertz CT molecular complexity index is 146. The molecule has 1 saturated carbocycles. The number of hydrogen-bond acceptors (Lipinski definition) is 1. The first-order chi connectivity index (χ1) is 6.36. The molecule has 2 rings (SSSR count). The Labute approximate surface area is 86.4 Å². The lowest BCUT2D eigenvalue weighted by Gasteiger charge is -2.37. The van der Waals surface area contributed by atoms with E-state index in [4.69, 9.17) is 11.6 Å². The minimum atomic E-state index is 0.465. The van der Waals surface area contributed by atoms with Gasteiger partial charge in [0.05, 0.1) is 0 Å². The Morgan fingerprint density at radius 1 is 1.00 bits per heavy atom. The monoisotopic (exact) mass is 200 g/mol. The van der Waals surface area contributed by atoms with Crippen molar-refractivity contribution in [3.05, 3.63) is 6.42 Å². The van der Waals surface area contributed by atoms with Crippen LogP contribution in [-0.4, -0.2) is 29.4 Å². The Morgan fingerprint density at radius 2 is 1.62 bits per heavy atom. The Kier molecular flexibility index (Phi) is 3.51. The van der Waals surface area contributed by atoms with Crippen molar-refractivity contribution in [3.63, 3.8) is 0 Å². The molecule has 1 radical (unpaired) electrons. The van der Waals surface area contributed by atoms with E-state index in [1.165, 1.54) is 51.6 Å². The van der Waals surface area contributed by atoms with Gasteiger partial charge in [0.2, 0.25) is 0 Å². The average molecular weight is 201 g/mol. The van der Waals surface area contributed by atoms with Crippen LogP contribution in [0.4, 0.5) is 0 Å². The number of hydrogen-bond donors (Lipinski definition) is 0. The minimum absolute atomic E-state index is 0.465. The van der Waals surface area contributed by atoms with Gasteiger partial charge in [0.25, 0.3) is 0 Å². The summed E-state index contributed by atoms with van der Waals surface area (Å²) in [4.78, 5) is 2.67. The lowest BCUT2D eigenvalue weighted by atomic mass is 9.92. The third-order valence-corrected chi connectivity index (χ3v) is 3.82. The first-order valence-electron chi connectivity index (χ1n) is 5.56. The third-order valence-electron chi connectivity index (χ3n) is 3.38. The van der Waals surface area contributed by atoms with Crippen molar-refractivity contribution in [2.24, 2.45) is 0 Å². The molecule has 2 aliphatic rings. The van der Waals surface area contributed by atoms with Crippen LogP contribution < -0.4 is 0 Å². The van der Waals surface area contributed by atoms with Gasteiger partial charge in [-0.2, -0.15) is 0 Å². The predicted molar refractivity (Wildman–Crippen MR) is 57.0 cm³/mol. The van der Waals surface area contributed by atoms with E-state index in [9.17, 15) is 0 Å². The molecule has 0 atom stereocenters. The zero-order chi connectivity index (χ0) is 9.10. The van der Waals surface area contributed by atoms with E-state index >= 15 is 0 Å². The van der Waals surface area contributed by atoms with Gasteiger partial charge in [-0.25, -0.2) is 0 Å². The SMILES string of the molecule is ClC1CCC(N2CC[CH]CC2)CC1. The van der Waals surface area contributed by atoms with Gasteiger partial charge in [-0.15, -0.1) is 11.6 Å². The van der Waals surface area contributed by atoms with Gasteiger partial charge < -0.3 is 4.90 Å². The van der Waals surface area contributed by atoms with Gasteiger partial charge in [0.15, 0.2) is 0 Å². The van der Waals surface area contributed by atoms with Crippen molar-refractivity contribution < 1.29 is 0 Å². The highest BCUT2D eigenvalue weighted by Gasteiger charge is 2.25. The van der Waals surface area contributed by atoms with Crippen LogP contribution >= 0.6 is 11.6 Å². The zero-order valence-corrected chi connectivity index (χ0v) is 8.97. The highest BCUT2D eigenvalue weighted by Crippen LogP contribution is 2.27. The molecular formula is C11H19ClN. The lowest BCUT2D eigenvalue weighted by molar-refractivity contribution is 0.145. The number of nitrogens with zero attached hydrogens (tertiary/aromatic N) is 1. The van der Waals surface area contributed by atoms with Crippen LogP contribution in [0.2, 0.25) is 0 Å². The molecule has 0 amide bonds. The fourth-order valence-corrected chi connectivity index (χ4v) is 2.79. The normalized spacial score (nSPS) is 37.6. The molecule has 0 bridgehead atoms. The van der Waals surface area contributed by atoms with Crippen molar-refractivity contribution in [3.8, 4) is 0 Å². The van der Waals surface area contributed by atoms with Crippen molar-refractivity contribution in [1.82, 2.24) is 4.90 Å². The Morgan fingerprint density at radius 3 is 2.23 bits per heavy atom. The average Bonchev–Trinajstić information content (AvgIpc) is 2.20. The van der Waals surface area contributed by atoms with E-state index in [1.54, 1.807) is 0 Å². The molecule has 0 unspecified atom stereocenters. The van der Waals surface area contributed by atoms with Crippen LogP contribution in [-0.2, 0) is 0 Å². The summed E-state index contributed by atoms with van der Waals surface area (Å²) < 4.78 is 0. The first-order valence-corrected chi connectivity index (χ1v) is 5.99. The molecular weight excluding hydrogens is 182 g/mol. The van der Waals surface area contributed by atoms with Gasteiger partial charge in [0.1, 0.15) is 0 Å². The first kappa shape index (κ1) is 9.79. The molecule has 0 aromatic carbocycles. The molecule has 1 nitrogen and oxygen atoms in total. The summed E-state index contributed by atoms with van der Waals surface area (Å²) >= 11 is 6.10. The largest absolute Gasteiger partial charge is 0.300 e. The predicted octanol–water partition coefficient (Wildman–Crippen LogP) is 2.84. The Hall–Kier alpha value is 0.250. The topological polar surface area (TPSA) is 3.24 Å². The van der Waals surface area contributed by atoms with Crippen molar-refractivity contribution in [1.29, 1.82) is 0 Å². The molecule has 1 saturated heterocycles. The maximum absolute atomic E-state index is 6.10. The highest BCUT2D eigenvalue weighted by molar-refractivity contribution is 6.20. The van der Waals surface area contributed by atoms with Gasteiger partial charge in [-0.05, 0) is 58.0 Å². The number of halogens is 1. The summed E-state index contributed by atoms with van der Waals surface area (Å²) in [5.41, 5.74) is 0. The summed E-state index contributed by atoms with van der Waals surface area (Å²) in [5, 5.41) is 0.465. The molecule has 13 heavy (non-hydrogen) atoms. The van der Waals surface area contributed by atoms with Crippen molar-refractivity contribution in [2.75, 3.05) is 13.1 Å². The molecule has 1 aliphatic carbocycles. The number of piperidine rings is 1. The van der Waals surface area contributed by atoms with Gasteiger partial charge in [-0.1, -0.05) is 0 Å². The van der Waals surface area contributed by atoms with E-state index in [1.807, 2.05) is 0 Å². The maximum atomic E-state index is 6.10. The molecule has 1 aliphatic heterocycles. The maximum Gasteiger partial charge on any atom is 0.0337 e. The van der Waals surface area contributed by atoms with Gasteiger partial charge >= 0.3 is 0 Å². The standard InChI is InChI=1S/C11H19ClN/c12-10-4-6-11(7-5-10)13-8-2-1-3-9-13/h1,10-11H,2-9H2. The van der Waals surface area contributed by atoms with Crippen LogP contribution in [0.3, 0.4) is 0 Å². The Balaban J connectivity index is 1.79. The molecule has 1 heterocycles. The second-order valence-corrected chi connectivity index (χ2v) is 4.93. The third kappa shape index (κ3) is 2.60. The summed E-state index contributed by atoms with van der Waals surface area (Å²) in [7, 11) is 0. The molecule has 0 spiro atoms. The second-order valence-electron chi connectivity index (χ2n) is 4.31. The van der Waals surface area contributed by atoms with Crippen LogP contribution in [0, 0.1) is 6.42 Å². The van der Waals surface area contributed by atoms with Crippen LogP contribution in [0.15, 0.2) is 0 Å². The summed E-state index contributed by atoms with van der Waals surface area (Å²) in [6.45, 7) is 2.58. The van der Waals surface area contributed by atoms with E-state index in [2.05, 4.69) is 11.3 Å². The molecule has 0 aromatic heterocycles. The summed E-state index contributed by atoms with van der Waals surface area (Å²) in [6.07, 6.45) is 10.1. The quantitative estimate of drug-likeness (QED) is 0.589. The fourth-order valence-electron chi connectivity index (χ4n) is 2.54. The molecule has 2 heteroatoms. The van der Waals surface area contributed by atoms with E-state index in [0.29, 0.717) is 5.38 Å². The minimum Gasteiger partial charge on any atom is -0.300 e. The number of rotatable bonds is 1. The van der Waals surface area contributed by atoms with Gasteiger partial charge in [0, 0.05) is 11.4 Å². The zero-order valence-electron chi connectivity index (χ0n) is 8.21. The van der Waals surface area contributed by atoms with Crippen molar-refractivity contribution >= 4 is 11.6 Å². The molecule has 0 aromatic rings. The number of alkyl halides is 1. The second kappa shape index (κ2) is 4.65. The molecule has 75 valence electrons. The summed E-state index contributed by atoms with van der Waals surface area (Å²) in [5.74, 6) is 0.